The zero-order valence-electron chi connectivity index (χ0n) is 13.8. The Morgan fingerprint density at radius 3 is 2.61 bits per heavy atom. The lowest BCUT2D eigenvalue weighted by Gasteiger charge is -2.32. The number of benzene rings is 1. The largest absolute Gasteiger partial charge is 0.314 e. The van der Waals surface area contributed by atoms with Gasteiger partial charge in [-0.15, -0.1) is 10.2 Å². The first-order valence-electron chi connectivity index (χ1n) is 9.06. The molecule has 4 nitrogen and oxygen atoms in total. The van der Waals surface area contributed by atoms with E-state index < -0.39 is 0 Å². The quantitative estimate of drug-likeness (QED) is 0.870. The van der Waals surface area contributed by atoms with Crippen LogP contribution in [0.2, 0.25) is 0 Å². The minimum atomic E-state index is 0.834. The predicted molar refractivity (Wildman–Crippen MR) is 91.1 cm³/mol. The second-order valence-electron chi connectivity index (χ2n) is 7.05. The van der Waals surface area contributed by atoms with Crippen LogP contribution in [0.5, 0.6) is 0 Å². The van der Waals surface area contributed by atoms with Gasteiger partial charge in [-0.2, -0.15) is 0 Å². The Morgan fingerprint density at radius 1 is 0.957 bits per heavy atom. The van der Waals surface area contributed by atoms with Crippen molar-refractivity contribution in [2.24, 2.45) is 5.92 Å². The molecular weight excluding hydrogens is 284 g/mol. The number of likely N-dealkylation sites (tertiary alicyclic amines) is 1. The molecule has 1 fully saturated rings. The van der Waals surface area contributed by atoms with Crippen LogP contribution in [0.15, 0.2) is 30.3 Å². The summed E-state index contributed by atoms with van der Waals surface area (Å²) in [4.78, 5) is 2.56. The molecule has 0 unspecified atom stereocenters. The van der Waals surface area contributed by atoms with Gasteiger partial charge in [-0.3, -0.25) is 4.90 Å². The lowest BCUT2D eigenvalue weighted by atomic mass is 9.90. The van der Waals surface area contributed by atoms with E-state index in [0.717, 1.165) is 25.4 Å². The van der Waals surface area contributed by atoms with Gasteiger partial charge in [0.1, 0.15) is 11.6 Å². The summed E-state index contributed by atoms with van der Waals surface area (Å²) in [5.74, 6) is 3.22. The fourth-order valence-corrected chi connectivity index (χ4v) is 3.98. The number of hydrogen-bond acceptors (Lipinski definition) is 3. The summed E-state index contributed by atoms with van der Waals surface area (Å²) in [7, 11) is 0. The van der Waals surface area contributed by atoms with Crippen molar-refractivity contribution >= 4 is 0 Å². The number of nitrogens with zero attached hydrogens (tertiary/aromatic N) is 4. The van der Waals surface area contributed by atoms with E-state index in [2.05, 4.69) is 50.0 Å². The zero-order valence-corrected chi connectivity index (χ0v) is 13.8. The molecule has 23 heavy (non-hydrogen) atoms. The molecule has 0 amide bonds. The number of fused-ring (bicyclic) bond motifs is 1. The Bertz CT molecular complexity index is 626. The number of piperidine rings is 1. The lowest BCUT2D eigenvalue weighted by Crippen LogP contribution is -2.35. The zero-order chi connectivity index (χ0) is 15.5. The molecule has 3 heterocycles. The average Bonchev–Trinajstić information content (AvgIpc) is 3.01. The molecule has 1 saturated heterocycles. The Kier molecular flexibility index (Phi) is 4.42. The van der Waals surface area contributed by atoms with Crippen LogP contribution in [-0.2, 0) is 25.9 Å². The van der Waals surface area contributed by atoms with Crippen LogP contribution < -0.4 is 0 Å². The maximum atomic E-state index is 4.45. The minimum absolute atomic E-state index is 0.834. The van der Waals surface area contributed by atoms with Gasteiger partial charge in [-0.05, 0) is 56.7 Å². The van der Waals surface area contributed by atoms with E-state index in [0.29, 0.717) is 0 Å². The summed E-state index contributed by atoms with van der Waals surface area (Å²) < 4.78 is 2.36. The van der Waals surface area contributed by atoms with Crippen LogP contribution >= 0.6 is 0 Å². The van der Waals surface area contributed by atoms with Crippen molar-refractivity contribution < 1.29 is 0 Å². The standard InChI is InChI=1S/C19H26N4/c1-2-6-16(7-3-1)14-17-9-12-22(13-10-17)15-19-21-20-18-8-4-5-11-23(18)19/h1-3,6-7,17H,4-5,8-15H2. The first-order chi connectivity index (χ1) is 11.4. The monoisotopic (exact) mass is 310 g/mol. The Hall–Kier alpha value is -1.68. The number of hydrogen-bond donors (Lipinski definition) is 0. The minimum Gasteiger partial charge on any atom is -0.314 e. The molecule has 4 rings (SSSR count). The molecule has 0 aliphatic carbocycles. The molecule has 0 N–H and O–H groups in total. The molecule has 0 saturated carbocycles. The predicted octanol–water partition coefficient (Wildman–Crippen LogP) is 3.07. The molecule has 1 aromatic heterocycles. The molecule has 0 atom stereocenters. The van der Waals surface area contributed by atoms with E-state index >= 15 is 0 Å². The fraction of sp³-hybridized carbons (Fsp3) is 0.579. The van der Waals surface area contributed by atoms with Crippen molar-refractivity contribution in [2.75, 3.05) is 13.1 Å². The van der Waals surface area contributed by atoms with Gasteiger partial charge in [0.25, 0.3) is 0 Å². The summed E-state index contributed by atoms with van der Waals surface area (Å²) in [5.41, 5.74) is 1.48. The SMILES string of the molecule is c1ccc(CC2CCN(Cc3nnc4n3CCCC4)CC2)cc1. The van der Waals surface area contributed by atoms with Crippen molar-refractivity contribution in [3.05, 3.63) is 47.5 Å². The lowest BCUT2D eigenvalue weighted by molar-refractivity contribution is 0.171. The third-order valence-electron chi connectivity index (χ3n) is 5.38. The Labute approximate surface area is 138 Å². The summed E-state index contributed by atoms with van der Waals surface area (Å²) in [6.45, 7) is 4.48. The van der Waals surface area contributed by atoms with Gasteiger partial charge in [0.15, 0.2) is 0 Å². The fourth-order valence-electron chi connectivity index (χ4n) is 3.98. The Balaban J connectivity index is 1.31. The van der Waals surface area contributed by atoms with E-state index in [1.807, 2.05) is 0 Å². The van der Waals surface area contributed by atoms with Crippen LogP contribution in [0.3, 0.4) is 0 Å². The highest BCUT2D eigenvalue weighted by Gasteiger charge is 2.22. The maximum absolute atomic E-state index is 4.45. The van der Waals surface area contributed by atoms with E-state index in [-0.39, 0.29) is 0 Å². The van der Waals surface area contributed by atoms with Gasteiger partial charge in [0.05, 0.1) is 6.54 Å². The molecule has 0 bridgehead atoms. The van der Waals surface area contributed by atoms with Gasteiger partial charge in [-0.1, -0.05) is 30.3 Å². The molecule has 2 aliphatic heterocycles. The maximum Gasteiger partial charge on any atom is 0.147 e. The van der Waals surface area contributed by atoms with Crippen LogP contribution in [0.4, 0.5) is 0 Å². The highest BCUT2D eigenvalue weighted by molar-refractivity contribution is 5.15. The summed E-state index contributed by atoms with van der Waals surface area (Å²) in [5, 5.41) is 8.83. The third-order valence-corrected chi connectivity index (χ3v) is 5.38. The van der Waals surface area contributed by atoms with Crippen molar-refractivity contribution in [1.29, 1.82) is 0 Å². The van der Waals surface area contributed by atoms with Gasteiger partial charge in [-0.25, -0.2) is 0 Å². The molecule has 4 heteroatoms. The first kappa shape index (κ1) is 14.9. The van der Waals surface area contributed by atoms with Gasteiger partial charge >= 0.3 is 0 Å². The van der Waals surface area contributed by atoms with Crippen molar-refractivity contribution in [1.82, 2.24) is 19.7 Å². The van der Waals surface area contributed by atoms with Crippen LogP contribution in [0, 0.1) is 5.92 Å². The van der Waals surface area contributed by atoms with Gasteiger partial charge in [0, 0.05) is 13.0 Å². The second kappa shape index (κ2) is 6.83. The molecular formula is C19H26N4. The summed E-state index contributed by atoms with van der Waals surface area (Å²) >= 11 is 0. The molecule has 2 aromatic rings. The molecule has 1 aromatic carbocycles. The number of rotatable bonds is 4. The van der Waals surface area contributed by atoms with E-state index in [4.69, 9.17) is 0 Å². The summed E-state index contributed by atoms with van der Waals surface area (Å²) in [6.07, 6.45) is 7.48. The normalized spacial score (nSPS) is 19.7. The van der Waals surface area contributed by atoms with Gasteiger partial charge in [0.2, 0.25) is 0 Å². The second-order valence-corrected chi connectivity index (χ2v) is 7.05. The van der Waals surface area contributed by atoms with Crippen molar-refractivity contribution in [3.8, 4) is 0 Å². The van der Waals surface area contributed by atoms with Gasteiger partial charge < -0.3 is 4.57 Å². The van der Waals surface area contributed by atoms with Crippen LogP contribution in [0.1, 0.15) is 42.9 Å². The van der Waals surface area contributed by atoms with Crippen LogP contribution in [0.25, 0.3) is 0 Å². The van der Waals surface area contributed by atoms with Crippen LogP contribution in [-0.4, -0.2) is 32.8 Å². The van der Waals surface area contributed by atoms with Crippen molar-refractivity contribution in [3.63, 3.8) is 0 Å². The van der Waals surface area contributed by atoms with Crippen molar-refractivity contribution in [2.45, 2.75) is 51.6 Å². The first-order valence-corrected chi connectivity index (χ1v) is 9.06. The van der Waals surface area contributed by atoms with E-state index in [1.165, 1.54) is 62.4 Å². The highest BCUT2D eigenvalue weighted by atomic mass is 15.3. The van der Waals surface area contributed by atoms with E-state index in [1.54, 1.807) is 0 Å². The Morgan fingerprint density at radius 2 is 1.78 bits per heavy atom. The summed E-state index contributed by atoms with van der Waals surface area (Å²) in [6, 6.07) is 10.9. The molecule has 0 radical (unpaired) electrons. The third kappa shape index (κ3) is 3.47. The average molecular weight is 310 g/mol. The number of aryl methyl sites for hydroxylation is 1. The topological polar surface area (TPSA) is 34.0 Å². The van der Waals surface area contributed by atoms with E-state index in [9.17, 15) is 0 Å². The molecule has 122 valence electrons. The highest BCUT2D eigenvalue weighted by Crippen LogP contribution is 2.23. The smallest absolute Gasteiger partial charge is 0.147 e. The molecule has 2 aliphatic rings. The molecule has 0 spiro atoms. The number of aromatic nitrogens is 3.